The van der Waals surface area contributed by atoms with Crippen molar-refractivity contribution in [1.82, 2.24) is 0 Å². The summed E-state index contributed by atoms with van der Waals surface area (Å²) in [6.07, 6.45) is 5.95. The van der Waals surface area contributed by atoms with E-state index in [1.165, 1.54) is 25.7 Å². The van der Waals surface area contributed by atoms with E-state index in [0.717, 1.165) is 47.3 Å². The van der Waals surface area contributed by atoms with Crippen LogP contribution in [0.25, 0.3) is 0 Å². The van der Waals surface area contributed by atoms with Crippen LogP contribution in [-0.4, -0.2) is 11.4 Å². The van der Waals surface area contributed by atoms with Gasteiger partial charge in [0.25, 0.3) is 0 Å². The monoisotopic (exact) mass is 216 g/mol. The van der Waals surface area contributed by atoms with Crippen molar-refractivity contribution in [2.24, 2.45) is 52.2 Å². The van der Waals surface area contributed by atoms with Crippen molar-refractivity contribution in [3.63, 3.8) is 0 Å². The molecule has 0 aromatic rings. The number of rotatable bonds is 1. The van der Waals surface area contributed by atoms with Gasteiger partial charge in [0.2, 0.25) is 0 Å². The van der Waals surface area contributed by atoms with Gasteiger partial charge in [-0.3, -0.25) is 4.99 Å². The fourth-order valence-corrected chi connectivity index (χ4v) is 7.45. The van der Waals surface area contributed by atoms with Crippen LogP contribution in [0.2, 0.25) is 0 Å². The van der Waals surface area contributed by atoms with Crippen LogP contribution in [-0.2, 0) is 0 Å². The fourth-order valence-electron chi connectivity index (χ4n) is 7.45. The average Bonchev–Trinajstić information content (AvgIpc) is 2.95. The highest BCUT2D eigenvalue weighted by Gasteiger charge is 2.84. The molecule has 6 aliphatic carbocycles. The van der Waals surface area contributed by atoms with Crippen molar-refractivity contribution in [2.75, 3.05) is 0 Å². The molecule has 0 spiro atoms. The second-order valence-corrected chi connectivity index (χ2v) is 7.02. The molecule has 6 saturated carbocycles. The highest BCUT2D eigenvalue weighted by Crippen LogP contribution is 2.84. The quantitative estimate of drug-likeness (QED) is 0.528. The lowest BCUT2D eigenvalue weighted by Crippen LogP contribution is -2.47. The molecule has 6 atom stereocenters. The minimum Gasteiger partial charge on any atom is -0.388 e. The molecule has 2 heteroatoms. The van der Waals surface area contributed by atoms with Gasteiger partial charge in [0.15, 0.2) is 0 Å². The maximum atomic E-state index is 5.95. The number of hydrogen-bond acceptors (Lipinski definition) is 1. The molecule has 86 valence electrons. The van der Waals surface area contributed by atoms with Crippen LogP contribution >= 0.6 is 0 Å². The summed E-state index contributed by atoms with van der Waals surface area (Å²) in [6.45, 7) is 2.00. The van der Waals surface area contributed by atoms with Gasteiger partial charge in [-0.25, -0.2) is 0 Å². The first-order valence-corrected chi connectivity index (χ1v) is 7.07. The van der Waals surface area contributed by atoms with E-state index < -0.39 is 0 Å². The van der Waals surface area contributed by atoms with Gasteiger partial charge < -0.3 is 5.73 Å². The van der Waals surface area contributed by atoms with Crippen molar-refractivity contribution < 1.29 is 0 Å². The predicted octanol–water partition coefficient (Wildman–Crippen LogP) is 2.04. The van der Waals surface area contributed by atoms with Gasteiger partial charge in [-0.15, -0.1) is 0 Å². The predicted molar refractivity (Wildman–Crippen MR) is 62.9 cm³/mol. The summed E-state index contributed by atoms with van der Waals surface area (Å²) in [6, 6.07) is 0. The zero-order chi connectivity index (χ0) is 10.7. The van der Waals surface area contributed by atoms with Gasteiger partial charge in [-0.05, 0) is 74.0 Å². The second-order valence-electron chi connectivity index (χ2n) is 7.02. The Morgan fingerprint density at radius 2 is 1.62 bits per heavy atom. The first kappa shape index (κ1) is 8.54. The molecular formula is C14H20N2. The van der Waals surface area contributed by atoms with Crippen molar-refractivity contribution in [3.05, 3.63) is 0 Å². The molecule has 0 aromatic carbocycles. The number of amidine groups is 1. The maximum absolute atomic E-state index is 5.95. The summed E-state index contributed by atoms with van der Waals surface area (Å²) in [7, 11) is 0. The SMILES string of the molecule is CC(N)=NC12C3CCC4C3C3C(CCC31)C42. The number of nitrogens with two attached hydrogens (primary N) is 1. The third kappa shape index (κ3) is 0.573. The number of nitrogens with zero attached hydrogens (tertiary/aromatic N) is 1. The smallest absolute Gasteiger partial charge is 0.0912 e. The van der Waals surface area contributed by atoms with Gasteiger partial charge in [-0.1, -0.05) is 0 Å². The summed E-state index contributed by atoms with van der Waals surface area (Å²) in [4.78, 5) is 5.05. The van der Waals surface area contributed by atoms with Gasteiger partial charge in [0.1, 0.15) is 0 Å². The summed E-state index contributed by atoms with van der Waals surface area (Å²) in [5.74, 6) is 7.94. The van der Waals surface area contributed by atoms with E-state index in [2.05, 4.69) is 0 Å². The Morgan fingerprint density at radius 3 is 2.12 bits per heavy atom. The van der Waals surface area contributed by atoms with Crippen LogP contribution in [0.5, 0.6) is 0 Å². The lowest BCUT2D eigenvalue weighted by molar-refractivity contribution is 0.109. The zero-order valence-electron chi connectivity index (χ0n) is 9.89. The van der Waals surface area contributed by atoms with E-state index in [1.54, 1.807) is 0 Å². The molecule has 0 aromatic heterocycles. The molecule has 6 unspecified atom stereocenters. The molecule has 0 heterocycles. The molecule has 6 rings (SSSR count). The molecule has 2 N–H and O–H groups in total. The van der Waals surface area contributed by atoms with Crippen LogP contribution in [0.3, 0.4) is 0 Å². The molecule has 2 nitrogen and oxygen atoms in total. The van der Waals surface area contributed by atoms with Crippen molar-refractivity contribution in [2.45, 2.75) is 38.1 Å². The lowest BCUT2D eigenvalue weighted by atomic mass is 9.65. The Labute approximate surface area is 96.7 Å². The first-order chi connectivity index (χ1) is 7.75. The summed E-state index contributed by atoms with van der Waals surface area (Å²) < 4.78 is 0. The molecule has 6 fully saturated rings. The average molecular weight is 216 g/mol. The van der Waals surface area contributed by atoms with Crippen molar-refractivity contribution in [3.8, 4) is 0 Å². The van der Waals surface area contributed by atoms with Crippen molar-refractivity contribution >= 4 is 5.84 Å². The van der Waals surface area contributed by atoms with E-state index in [0.29, 0.717) is 5.54 Å². The van der Waals surface area contributed by atoms with Gasteiger partial charge in [0, 0.05) is 0 Å². The van der Waals surface area contributed by atoms with E-state index in [4.69, 9.17) is 10.7 Å². The normalized spacial score (nSPS) is 68.8. The highest BCUT2D eigenvalue weighted by atomic mass is 15.1. The van der Waals surface area contributed by atoms with Gasteiger partial charge in [0.05, 0.1) is 11.4 Å². The molecule has 0 amide bonds. The summed E-state index contributed by atoms with van der Waals surface area (Å²) in [5.41, 5.74) is 6.31. The van der Waals surface area contributed by atoms with Gasteiger partial charge >= 0.3 is 0 Å². The molecule has 0 radical (unpaired) electrons. The fraction of sp³-hybridized carbons (Fsp3) is 0.929. The Balaban J connectivity index is 1.76. The molecule has 8 bridgehead atoms. The molecular weight excluding hydrogens is 196 g/mol. The standard InChI is InChI=1S/C14H20N2/c1-6(15)16-14-9-4-2-7-11(9)12-8(13(7)14)3-5-10(12)14/h7-13H,2-5H2,1H3,(H2,15,16). The van der Waals surface area contributed by atoms with E-state index in [9.17, 15) is 0 Å². The zero-order valence-corrected chi connectivity index (χ0v) is 9.89. The molecule has 0 saturated heterocycles. The second kappa shape index (κ2) is 2.21. The van der Waals surface area contributed by atoms with E-state index in [-0.39, 0.29) is 0 Å². The van der Waals surface area contributed by atoms with E-state index >= 15 is 0 Å². The number of aliphatic imine (C=N–C) groups is 1. The summed E-state index contributed by atoms with van der Waals surface area (Å²) in [5, 5.41) is 0. The minimum atomic E-state index is 0.361. The van der Waals surface area contributed by atoms with Crippen LogP contribution in [0, 0.1) is 41.4 Å². The minimum absolute atomic E-state index is 0.361. The Morgan fingerprint density at radius 1 is 1.06 bits per heavy atom. The Kier molecular flexibility index (Phi) is 1.18. The molecule has 16 heavy (non-hydrogen) atoms. The molecule has 0 aliphatic heterocycles. The third-order valence-electron chi connectivity index (χ3n) is 7.00. The van der Waals surface area contributed by atoms with E-state index in [1.807, 2.05) is 6.92 Å². The topological polar surface area (TPSA) is 38.4 Å². The molecule has 6 aliphatic rings. The summed E-state index contributed by atoms with van der Waals surface area (Å²) >= 11 is 0. The maximum Gasteiger partial charge on any atom is 0.0912 e. The third-order valence-corrected chi connectivity index (χ3v) is 7.00. The van der Waals surface area contributed by atoms with Gasteiger partial charge in [-0.2, -0.15) is 0 Å². The first-order valence-electron chi connectivity index (χ1n) is 7.07. The van der Waals surface area contributed by atoms with Crippen LogP contribution < -0.4 is 5.73 Å². The van der Waals surface area contributed by atoms with Crippen molar-refractivity contribution in [1.29, 1.82) is 0 Å². The lowest BCUT2D eigenvalue weighted by Gasteiger charge is -2.44. The van der Waals surface area contributed by atoms with Crippen LogP contribution in [0.1, 0.15) is 32.6 Å². The largest absolute Gasteiger partial charge is 0.388 e. The number of hydrogen-bond donors (Lipinski definition) is 1. The van der Waals surface area contributed by atoms with Crippen LogP contribution in [0.15, 0.2) is 4.99 Å². The Hall–Kier alpha value is -0.530. The highest BCUT2D eigenvalue weighted by molar-refractivity contribution is 5.78. The Bertz CT molecular complexity index is 383. The van der Waals surface area contributed by atoms with Crippen LogP contribution in [0.4, 0.5) is 0 Å².